The third-order valence-corrected chi connectivity index (χ3v) is 4.63. The molecule has 12 nitrogen and oxygen atoms in total. The van der Waals surface area contributed by atoms with E-state index >= 15 is 0 Å². The Bertz CT molecular complexity index is 954. The molecule has 0 bridgehead atoms. The van der Waals surface area contributed by atoms with Gasteiger partial charge in [0.2, 0.25) is 6.10 Å². The smallest absolute Gasteiger partial charge is 0.304 e. The normalized spacial score (nSPS) is 23.9. The van der Waals surface area contributed by atoms with Crippen molar-refractivity contribution in [2.75, 3.05) is 13.2 Å². The van der Waals surface area contributed by atoms with Crippen LogP contribution < -0.4 is 9.67 Å². The van der Waals surface area contributed by atoms with Crippen LogP contribution in [0.4, 0.5) is 0 Å². The third kappa shape index (κ3) is 8.58. The Kier molecular flexibility index (Phi) is 11.8. The number of aromatic nitrogens is 1. The lowest BCUT2D eigenvalue weighted by molar-refractivity contribution is -0.777. The molecule has 194 valence electrons. The van der Waals surface area contributed by atoms with Crippen LogP contribution in [0.2, 0.25) is 0 Å². The van der Waals surface area contributed by atoms with Gasteiger partial charge in [0, 0.05) is 45.9 Å². The van der Waals surface area contributed by atoms with Gasteiger partial charge < -0.3 is 33.8 Å². The van der Waals surface area contributed by atoms with Gasteiger partial charge in [-0.25, -0.2) is 0 Å². The second-order valence-corrected chi connectivity index (χ2v) is 7.41. The van der Waals surface area contributed by atoms with Crippen molar-refractivity contribution in [2.45, 2.75) is 65.3 Å². The number of aliphatic imine (C=N–C) groups is 1. The minimum Gasteiger partial charge on any atom is -0.858 e. The minimum absolute atomic E-state index is 0. The van der Waals surface area contributed by atoms with Crippen molar-refractivity contribution in [1.29, 1.82) is 0 Å². The van der Waals surface area contributed by atoms with E-state index in [2.05, 4.69) is 4.99 Å². The van der Waals surface area contributed by atoms with Gasteiger partial charge in [0.25, 0.3) is 0 Å². The molecule has 0 radical (unpaired) electrons. The molecule has 2 heterocycles. The van der Waals surface area contributed by atoms with E-state index in [4.69, 9.17) is 23.7 Å². The fourth-order valence-electron chi connectivity index (χ4n) is 3.46. The molecule has 1 aliphatic heterocycles. The number of pyridine rings is 1. The number of hydrogen-bond acceptors (Lipinski definition) is 11. The van der Waals surface area contributed by atoms with Crippen LogP contribution in [0.15, 0.2) is 29.5 Å². The molecule has 13 heteroatoms. The van der Waals surface area contributed by atoms with E-state index in [0.29, 0.717) is 0 Å². The monoisotopic (exact) mass is 560 g/mol. The molecule has 35 heavy (non-hydrogen) atoms. The lowest BCUT2D eigenvalue weighted by atomic mass is 9.97. The summed E-state index contributed by atoms with van der Waals surface area (Å²) in [4.78, 5) is 50.9. The SMILES string of the molecule is Br.CCN=C([O-])c1ccc[n+](C2OC(COC(C)=O)C(OC(C)=O)C(OC(C)=O)C2OC(C)=O)c1. The zero-order valence-electron chi connectivity index (χ0n) is 20.0. The summed E-state index contributed by atoms with van der Waals surface area (Å²) < 4.78 is 28.7. The van der Waals surface area contributed by atoms with Crippen molar-refractivity contribution in [3.63, 3.8) is 0 Å². The summed E-state index contributed by atoms with van der Waals surface area (Å²) in [5.74, 6) is -3.26. The number of carbonyl (C=O) groups is 4. The molecule has 1 aromatic rings. The van der Waals surface area contributed by atoms with Crippen molar-refractivity contribution < 1.29 is 52.5 Å². The van der Waals surface area contributed by atoms with Gasteiger partial charge in [-0.1, -0.05) is 0 Å². The minimum atomic E-state index is -1.31. The van der Waals surface area contributed by atoms with E-state index in [0.717, 1.165) is 20.8 Å². The lowest BCUT2D eigenvalue weighted by Crippen LogP contribution is -2.65. The number of rotatable bonds is 8. The van der Waals surface area contributed by atoms with Crippen molar-refractivity contribution in [1.82, 2.24) is 0 Å². The maximum Gasteiger partial charge on any atom is 0.304 e. The van der Waals surface area contributed by atoms with Gasteiger partial charge in [0.15, 0.2) is 24.6 Å². The number of esters is 4. The Balaban J connectivity index is 0.00000612. The second kappa shape index (κ2) is 13.7. The summed E-state index contributed by atoms with van der Waals surface area (Å²) in [6, 6.07) is 3.11. The Morgan fingerprint density at radius 1 is 0.971 bits per heavy atom. The van der Waals surface area contributed by atoms with Crippen molar-refractivity contribution in [2.24, 2.45) is 4.99 Å². The van der Waals surface area contributed by atoms with Gasteiger partial charge in [-0.2, -0.15) is 4.57 Å². The largest absolute Gasteiger partial charge is 0.858 e. The van der Waals surface area contributed by atoms with E-state index < -0.39 is 60.4 Å². The van der Waals surface area contributed by atoms with Crippen LogP contribution in [0.5, 0.6) is 0 Å². The molecule has 5 unspecified atom stereocenters. The van der Waals surface area contributed by atoms with Gasteiger partial charge in [0.1, 0.15) is 12.7 Å². The number of nitrogens with zero attached hydrogens (tertiary/aromatic N) is 2. The first-order chi connectivity index (χ1) is 16.0. The highest BCUT2D eigenvalue weighted by atomic mass is 79.9. The van der Waals surface area contributed by atoms with Crippen molar-refractivity contribution >= 4 is 46.8 Å². The first-order valence-electron chi connectivity index (χ1n) is 10.6. The molecule has 0 amide bonds. The molecule has 0 spiro atoms. The predicted molar refractivity (Wildman–Crippen MR) is 121 cm³/mol. The molecule has 1 aromatic heterocycles. The van der Waals surface area contributed by atoms with E-state index in [1.807, 2.05) is 0 Å². The first kappa shape index (κ1) is 30.0. The number of halogens is 1. The molecular formula is C22H29BrN2O10. The molecule has 2 rings (SSSR count). The average Bonchev–Trinajstić information content (AvgIpc) is 2.74. The van der Waals surface area contributed by atoms with Crippen molar-refractivity contribution in [3.8, 4) is 0 Å². The lowest BCUT2D eigenvalue weighted by Gasteiger charge is -2.41. The number of hydrogen-bond donors (Lipinski definition) is 0. The van der Waals surface area contributed by atoms with Gasteiger partial charge >= 0.3 is 30.1 Å². The van der Waals surface area contributed by atoms with Gasteiger partial charge in [0.05, 0.1) is 0 Å². The zero-order valence-corrected chi connectivity index (χ0v) is 21.7. The quantitative estimate of drug-likeness (QED) is 0.139. The highest BCUT2D eigenvalue weighted by Crippen LogP contribution is 2.32. The summed E-state index contributed by atoms with van der Waals surface area (Å²) in [5, 5.41) is 12.3. The summed E-state index contributed by atoms with van der Waals surface area (Å²) >= 11 is 0. The van der Waals surface area contributed by atoms with Gasteiger partial charge in [-0.15, -0.1) is 17.0 Å². The molecule has 0 saturated carbocycles. The first-order valence-corrected chi connectivity index (χ1v) is 10.6. The molecule has 1 saturated heterocycles. The molecule has 1 aliphatic rings. The molecule has 0 aromatic carbocycles. The standard InChI is InChI=1S/C22H28N2O10.BrH/c1-6-23-21(29)16-8-7-9-24(10-16)22-20(33-15(5)28)19(32-14(4)27)18(31-13(3)26)17(34-22)11-30-12(2)25;/h7-10,17-20,22H,6,11H2,1-5H3;1H. The fraction of sp³-hybridized carbons (Fsp3) is 0.545. The van der Waals surface area contributed by atoms with Crippen LogP contribution in [0, 0.1) is 0 Å². The Hall–Kier alpha value is -3.06. The average molecular weight is 561 g/mol. The molecule has 0 aliphatic carbocycles. The topological polar surface area (TPSA) is 154 Å². The van der Waals surface area contributed by atoms with Crippen LogP contribution >= 0.6 is 17.0 Å². The summed E-state index contributed by atoms with van der Waals surface area (Å²) in [6.07, 6.45) is -3.11. The highest BCUT2D eigenvalue weighted by Gasteiger charge is 2.56. The van der Waals surface area contributed by atoms with Crippen LogP contribution in [0.1, 0.15) is 46.4 Å². The molecular weight excluding hydrogens is 532 g/mol. The second-order valence-electron chi connectivity index (χ2n) is 7.41. The Morgan fingerprint density at radius 3 is 2.09 bits per heavy atom. The molecule has 1 fully saturated rings. The summed E-state index contributed by atoms with van der Waals surface area (Å²) in [7, 11) is 0. The summed E-state index contributed by atoms with van der Waals surface area (Å²) in [5.41, 5.74) is 0.234. The molecule has 0 N–H and O–H groups in total. The maximum absolute atomic E-state index is 12.3. The van der Waals surface area contributed by atoms with E-state index in [-0.39, 0.29) is 35.7 Å². The van der Waals surface area contributed by atoms with Gasteiger partial charge in [-0.05, 0) is 18.9 Å². The van der Waals surface area contributed by atoms with Crippen LogP contribution in [-0.4, -0.2) is 67.3 Å². The van der Waals surface area contributed by atoms with E-state index in [1.165, 1.54) is 17.7 Å². The maximum atomic E-state index is 12.3. The zero-order chi connectivity index (χ0) is 25.4. The van der Waals surface area contributed by atoms with Crippen LogP contribution in [-0.2, 0) is 42.9 Å². The van der Waals surface area contributed by atoms with E-state index in [1.54, 1.807) is 25.3 Å². The third-order valence-electron chi connectivity index (χ3n) is 4.63. The Labute approximate surface area is 212 Å². The fourth-order valence-corrected chi connectivity index (χ4v) is 3.46. The predicted octanol–water partition coefficient (Wildman–Crippen LogP) is -0.0656. The van der Waals surface area contributed by atoms with Crippen LogP contribution in [0.25, 0.3) is 0 Å². The Morgan fingerprint density at radius 2 is 1.54 bits per heavy atom. The summed E-state index contributed by atoms with van der Waals surface area (Å²) in [6.45, 7) is 6.27. The van der Waals surface area contributed by atoms with E-state index in [9.17, 15) is 24.3 Å². The number of carbonyl (C=O) groups excluding carboxylic acids is 4. The highest BCUT2D eigenvalue weighted by molar-refractivity contribution is 8.93. The van der Waals surface area contributed by atoms with Crippen LogP contribution in [0.3, 0.4) is 0 Å². The number of ether oxygens (including phenoxy) is 5. The molecule has 5 atom stereocenters. The van der Waals surface area contributed by atoms with Gasteiger partial charge in [-0.3, -0.25) is 19.2 Å². The van der Waals surface area contributed by atoms with Crippen molar-refractivity contribution in [3.05, 3.63) is 30.1 Å².